The normalized spacial score (nSPS) is 13.6. The van der Waals surface area contributed by atoms with Gasteiger partial charge in [0.1, 0.15) is 9.84 Å². The van der Waals surface area contributed by atoms with Crippen LogP contribution in [0, 0.1) is 0 Å². The van der Waals surface area contributed by atoms with E-state index < -0.39 is 9.84 Å². The Morgan fingerprint density at radius 2 is 1.88 bits per heavy atom. The highest BCUT2D eigenvalue weighted by Gasteiger charge is 2.11. The molecule has 1 atom stereocenters. The number of rotatable bonds is 6. The molecule has 17 heavy (non-hydrogen) atoms. The Hall–Kier alpha value is -0.580. The summed E-state index contributed by atoms with van der Waals surface area (Å²) in [4.78, 5) is 0. The van der Waals surface area contributed by atoms with Crippen LogP contribution < -0.4 is 5.73 Å². The first kappa shape index (κ1) is 14.5. The van der Waals surface area contributed by atoms with Crippen LogP contribution in [0.3, 0.4) is 0 Å². The van der Waals surface area contributed by atoms with Gasteiger partial charge >= 0.3 is 0 Å². The number of nitrogens with two attached hydrogens (primary N) is 1. The molecule has 0 saturated heterocycles. The Morgan fingerprint density at radius 3 is 2.35 bits per heavy atom. The standard InChI is InChI=1S/C12H18ClNO2S/c1-17(15,16)8-2-3-11(9-14)10-4-6-12(13)7-5-10/h4-7,11H,2-3,8-9,14H2,1H3. The molecule has 1 aromatic carbocycles. The van der Waals surface area contributed by atoms with Crippen molar-refractivity contribution in [1.29, 1.82) is 0 Å². The molecule has 0 radical (unpaired) electrons. The van der Waals surface area contributed by atoms with Crippen LogP contribution in [-0.4, -0.2) is 27.0 Å². The lowest BCUT2D eigenvalue weighted by Crippen LogP contribution is -2.14. The Labute approximate surface area is 108 Å². The first-order valence-corrected chi connectivity index (χ1v) is 7.99. The van der Waals surface area contributed by atoms with Gasteiger partial charge in [-0.3, -0.25) is 0 Å². The molecule has 1 aromatic rings. The molecule has 0 aliphatic heterocycles. The molecule has 96 valence electrons. The predicted octanol–water partition coefficient (Wildman–Crippen LogP) is 2.21. The van der Waals surface area contributed by atoms with Crippen molar-refractivity contribution in [3.8, 4) is 0 Å². The fourth-order valence-corrected chi connectivity index (χ4v) is 2.56. The largest absolute Gasteiger partial charge is 0.330 e. The van der Waals surface area contributed by atoms with Gasteiger partial charge in [-0.15, -0.1) is 0 Å². The summed E-state index contributed by atoms with van der Waals surface area (Å²) >= 11 is 5.81. The van der Waals surface area contributed by atoms with E-state index in [0.29, 0.717) is 18.0 Å². The summed E-state index contributed by atoms with van der Waals surface area (Å²) < 4.78 is 22.1. The molecule has 0 heterocycles. The first-order chi connectivity index (χ1) is 7.92. The molecule has 5 heteroatoms. The number of halogens is 1. The topological polar surface area (TPSA) is 60.2 Å². The zero-order valence-corrected chi connectivity index (χ0v) is 11.5. The lowest BCUT2D eigenvalue weighted by molar-refractivity contribution is 0.584. The second-order valence-corrected chi connectivity index (χ2v) is 6.95. The van der Waals surface area contributed by atoms with Crippen LogP contribution in [0.2, 0.25) is 5.02 Å². The van der Waals surface area contributed by atoms with Crippen molar-refractivity contribution in [3.63, 3.8) is 0 Å². The summed E-state index contributed by atoms with van der Waals surface area (Å²) in [5.41, 5.74) is 6.83. The van der Waals surface area contributed by atoms with E-state index in [1.54, 1.807) is 0 Å². The minimum absolute atomic E-state index is 0.203. The third kappa shape index (κ3) is 5.52. The fraction of sp³-hybridized carbons (Fsp3) is 0.500. The van der Waals surface area contributed by atoms with Crippen LogP contribution in [-0.2, 0) is 9.84 Å². The molecular weight excluding hydrogens is 258 g/mol. The van der Waals surface area contributed by atoms with E-state index in [2.05, 4.69) is 0 Å². The summed E-state index contributed by atoms with van der Waals surface area (Å²) in [6.45, 7) is 0.519. The van der Waals surface area contributed by atoms with Gasteiger partial charge in [0.15, 0.2) is 0 Å². The van der Waals surface area contributed by atoms with Gasteiger partial charge in [0.2, 0.25) is 0 Å². The number of hydrogen-bond donors (Lipinski definition) is 1. The van der Waals surface area contributed by atoms with Crippen molar-refractivity contribution in [2.45, 2.75) is 18.8 Å². The molecule has 0 aliphatic carbocycles. The van der Waals surface area contributed by atoms with E-state index in [9.17, 15) is 8.42 Å². The third-order valence-corrected chi connectivity index (χ3v) is 3.98. The van der Waals surface area contributed by atoms with E-state index in [4.69, 9.17) is 17.3 Å². The molecule has 0 aromatic heterocycles. The SMILES string of the molecule is CS(=O)(=O)CCCC(CN)c1ccc(Cl)cc1. The van der Waals surface area contributed by atoms with Crippen LogP contribution in [0.1, 0.15) is 24.3 Å². The van der Waals surface area contributed by atoms with E-state index in [1.807, 2.05) is 24.3 Å². The van der Waals surface area contributed by atoms with Gasteiger partial charge in [-0.1, -0.05) is 23.7 Å². The average molecular weight is 276 g/mol. The zero-order valence-electron chi connectivity index (χ0n) is 9.90. The summed E-state index contributed by atoms with van der Waals surface area (Å²) in [6.07, 6.45) is 2.68. The molecule has 0 spiro atoms. The van der Waals surface area contributed by atoms with Crippen molar-refractivity contribution in [3.05, 3.63) is 34.9 Å². The summed E-state index contributed by atoms with van der Waals surface area (Å²) in [5.74, 6) is 0.422. The minimum Gasteiger partial charge on any atom is -0.330 e. The third-order valence-electron chi connectivity index (χ3n) is 2.69. The second kappa shape index (κ2) is 6.38. The lowest BCUT2D eigenvalue weighted by atomic mass is 9.95. The molecule has 0 aliphatic rings. The monoisotopic (exact) mass is 275 g/mol. The highest BCUT2D eigenvalue weighted by molar-refractivity contribution is 7.90. The molecule has 0 bridgehead atoms. The summed E-state index contributed by atoms with van der Waals surface area (Å²) in [5, 5.41) is 0.695. The maximum Gasteiger partial charge on any atom is 0.147 e. The molecule has 0 saturated carbocycles. The van der Waals surface area contributed by atoms with Gasteiger partial charge in [0.05, 0.1) is 0 Å². The van der Waals surface area contributed by atoms with Crippen LogP contribution >= 0.6 is 11.6 Å². The van der Waals surface area contributed by atoms with Crippen molar-refractivity contribution in [2.75, 3.05) is 18.6 Å². The molecular formula is C12H18ClNO2S. The summed E-state index contributed by atoms with van der Waals surface area (Å²) in [6, 6.07) is 7.55. The van der Waals surface area contributed by atoms with E-state index in [0.717, 1.165) is 12.0 Å². The number of benzene rings is 1. The molecule has 0 fully saturated rings. The quantitative estimate of drug-likeness (QED) is 0.866. The smallest absolute Gasteiger partial charge is 0.147 e. The Morgan fingerprint density at radius 1 is 1.29 bits per heavy atom. The highest BCUT2D eigenvalue weighted by Crippen LogP contribution is 2.22. The van der Waals surface area contributed by atoms with Crippen LogP contribution in [0.15, 0.2) is 24.3 Å². The maximum atomic E-state index is 11.0. The lowest BCUT2D eigenvalue weighted by Gasteiger charge is -2.14. The number of sulfone groups is 1. The van der Waals surface area contributed by atoms with Crippen molar-refractivity contribution < 1.29 is 8.42 Å². The first-order valence-electron chi connectivity index (χ1n) is 5.55. The summed E-state index contributed by atoms with van der Waals surface area (Å²) in [7, 11) is -2.88. The zero-order chi connectivity index (χ0) is 12.9. The molecule has 1 unspecified atom stereocenters. The van der Waals surface area contributed by atoms with Gasteiger partial charge in [-0.2, -0.15) is 0 Å². The van der Waals surface area contributed by atoms with Gasteiger partial charge < -0.3 is 5.73 Å². The second-order valence-electron chi connectivity index (χ2n) is 4.26. The van der Waals surface area contributed by atoms with E-state index in [1.165, 1.54) is 6.26 Å². The van der Waals surface area contributed by atoms with E-state index >= 15 is 0 Å². The van der Waals surface area contributed by atoms with Gasteiger partial charge in [-0.05, 0) is 43.0 Å². The van der Waals surface area contributed by atoms with Crippen molar-refractivity contribution in [1.82, 2.24) is 0 Å². The fourth-order valence-electron chi connectivity index (χ4n) is 1.75. The van der Waals surface area contributed by atoms with Crippen molar-refractivity contribution in [2.24, 2.45) is 5.73 Å². The minimum atomic E-state index is -2.88. The molecule has 3 nitrogen and oxygen atoms in total. The maximum absolute atomic E-state index is 11.0. The van der Waals surface area contributed by atoms with Gasteiger partial charge in [0.25, 0.3) is 0 Å². The van der Waals surface area contributed by atoms with Crippen LogP contribution in [0.5, 0.6) is 0 Å². The molecule has 0 amide bonds. The Balaban J connectivity index is 2.57. The number of hydrogen-bond acceptors (Lipinski definition) is 3. The van der Waals surface area contributed by atoms with Crippen LogP contribution in [0.25, 0.3) is 0 Å². The predicted molar refractivity (Wildman–Crippen MR) is 72.2 cm³/mol. The van der Waals surface area contributed by atoms with E-state index in [-0.39, 0.29) is 11.7 Å². The molecule has 1 rings (SSSR count). The molecule has 2 N–H and O–H groups in total. The van der Waals surface area contributed by atoms with Crippen molar-refractivity contribution >= 4 is 21.4 Å². The van der Waals surface area contributed by atoms with Gasteiger partial charge in [0, 0.05) is 17.0 Å². The van der Waals surface area contributed by atoms with Crippen LogP contribution in [0.4, 0.5) is 0 Å². The van der Waals surface area contributed by atoms with Gasteiger partial charge in [-0.25, -0.2) is 8.42 Å². The highest BCUT2D eigenvalue weighted by atomic mass is 35.5. The Kier molecular flexibility index (Phi) is 5.43. The Bertz CT molecular complexity index is 442. The average Bonchev–Trinajstić information content (AvgIpc) is 2.24.